The number of aryl methyl sites for hydroxylation is 2. The van der Waals surface area contributed by atoms with E-state index in [1.807, 2.05) is 32.0 Å². The van der Waals surface area contributed by atoms with E-state index < -0.39 is 11.8 Å². The minimum Gasteiger partial charge on any atom is -0.478 e. The van der Waals surface area contributed by atoms with Crippen molar-refractivity contribution < 1.29 is 14.3 Å². The monoisotopic (exact) mass is 375 g/mol. The zero-order valence-electron chi connectivity index (χ0n) is 15.4. The molecule has 0 aliphatic rings. The average Bonchev–Trinajstić information content (AvgIpc) is 3.02. The van der Waals surface area contributed by atoms with Gasteiger partial charge in [-0.25, -0.2) is 14.2 Å². The molecule has 28 heavy (non-hydrogen) atoms. The van der Waals surface area contributed by atoms with Gasteiger partial charge in [0.15, 0.2) is 0 Å². The number of imidazole rings is 1. The molecule has 0 amide bonds. The number of nitrogens with zero attached hydrogens (tertiary/aromatic N) is 2. The van der Waals surface area contributed by atoms with Crippen LogP contribution in [0.3, 0.4) is 0 Å². The molecule has 0 radical (unpaired) electrons. The molecular weight excluding hydrogens is 357 g/mol. The number of carboxylic acid groups (broad SMARTS) is 1. The van der Waals surface area contributed by atoms with E-state index in [1.54, 1.807) is 28.7 Å². The number of para-hydroxylation sites is 1. The predicted molar refractivity (Wildman–Crippen MR) is 107 cm³/mol. The maximum Gasteiger partial charge on any atom is 0.336 e. The van der Waals surface area contributed by atoms with Gasteiger partial charge in [-0.15, -0.1) is 0 Å². The Morgan fingerprint density at radius 1 is 1.04 bits per heavy atom. The van der Waals surface area contributed by atoms with Crippen LogP contribution in [-0.4, -0.2) is 20.5 Å². The first kappa shape index (κ1) is 17.7. The first-order valence-corrected chi connectivity index (χ1v) is 8.79. The van der Waals surface area contributed by atoms with Crippen LogP contribution < -0.4 is 5.32 Å². The van der Waals surface area contributed by atoms with Crippen LogP contribution in [0.25, 0.3) is 16.9 Å². The molecule has 0 aliphatic carbocycles. The van der Waals surface area contributed by atoms with Crippen molar-refractivity contribution in [1.29, 1.82) is 0 Å². The van der Waals surface area contributed by atoms with Crippen LogP contribution in [-0.2, 0) is 0 Å². The van der Waals surface area contributed by atoms with Crippen molar-refractivity contribution in [3.8, 4) is 11.3 Å². The molecule has 0 atom stereocenters. The zero-order valence-corrected chi connectivity index (χ0v) is 15.4. The number of halogens is 1. The fraction of sp³-hybridized carbons (Fsp3) is 0.0909. The Hall–Kier alpha value is -3.67. The van der Waals surface area contributed by atoms with E-state index >= 15 is 0 Å². The smallest absolute Gasteiger partial charge is 0.336 e. The lowest BCUT2D eigenvalue weighted by atomic mass is 10.0. The number of hydrogen-bond acceptors (Lipinski definition) is 3. The molecule has 6 heteroatoms. The van der Waals surface area contributed by atoms with Crippen molar-refractivity contribution in [2.75, 3.05) is 5.32 Å². The van der Waals surface area contributed by atoms with Crippen LogP contribution in [0.5, 0.6) is 0 Å². The van der Waals surface area contributed by atoms with E-state index in [0.717, 1.165) is 16.8 Å². The van der Waals surface area contributed by atoms with Crippen molar-refractivity contribution >= 4 is 23.1 Å². The first-order valence-electron chi connectivity index (χ1n) is 8.79. The van der Waals surface area contributed by atoms with Gasteiger partial charge in [0.25, 0.3) is 0 Å². The van der Waals surface area contributed by atoms with E-state index in [1.165, 1.54) is 18.3 Å². The number of benzene rings is 2. The molecule has 0 unspecified atom stereocenters. The van der Waals surface area contributed by atoms with Gasteiger partial charge >= 0.3 is 5.97 Å². The van der Waals surface area contributed by atoms with Gasteiger partial charge < -0.3 is 10.4 Å². The third-order valence-corrected chi connectivity index (χ3v) is 4.72. The lowest BCUT2D eigenvalue weighted by Crippen LogP contribution is -2.03. The molecular formula is C22H18FN3O2. The van der Waals surface area contributed by atoms with E-state index in [0.29, 0.717) is 22.7 Å². The van der Waals surface area contributed by atoms with Crippen LogP contribution >= 0.6 is 0 Å². The van der Waals surface area contributed by atoms with Crippen LogP contribution in [0.15, 0.2) is 60.8 Å². The number of hydrogen-bond donors (Lipinski definition) is 2. The highest BCUT2D eigenvalue weighted by Gasteiger charge is 2.20. The summed E-state index contributed by atoms with van der Waals surface area (Å²) >= 11 is 0. The maximum absolute atomic E-state index is 14.0. The van der Waals surface area contributed by atoms with Gasteiger partial charge in [-0.3, -0.25) is 4.40 Å². The number of anilines is 2. The fourth-order valence-electron chi connectivity index (χ4n) is 3.33. The van der Waals surface area contributed by atoms with Gasteiger partial charge in [-0.05, 0) is 43.2 Å². The van der Waals surface area contributed by atoms with Crippen molar-refractivity contribution in [2.24, 2.45) is 0 Å². The second-order valence-corrected chi connectivity index (χ2v) is 6.63. The highest BCUT2D eigenvalue weighted by Crippen LogP contribution is 2.35. The van der Waals surface area contributed by atoms with Gasteiger partial charge in [-0.2, -0.15) is 0 Å². The van der Waals surface area contributed by atoms with Crippen molar-refractivity contribution in [3.05, 3.63) is 83.3 Å². The average molecular weight is 375 g/mol. The summed E-state index contributed by atoms with van der Waals surface area (Å²) in [4.78, 5) is 16.3. The molecule has 140 valence electrons. The summed E-state index contributed by atoms with van der Waals surface area (Å²) in [7, 11) is 0. The van der Waals surface area contributed by atoms with Gasteiger partial charge in [0.1, 0.15) is 23.0 Å². The Labute approximate surface area is 161 Å². The number of carboxylic acids is 1. The van der Waals surface area contributed by atoms with Crippen molar-refractivity contribution in [3.63, 3.8) is 0 Å². The van der Waals surface area contributed by atoms with Crippen molar-refractivity contribution in [2.45, 2.75) is 13.8 Å². The summed E-state index contributed by atoms with van der Waals surface area (Å²) in [5, 5.41) is 13.0. The van der Waals surface area contributed by atoms with E-state index in [2.05, 4.69) is 10.3 Å². The molecule has 5 nitrogen and oxygen atoms in total. The Kier molecular flexibility index (Phi) is 4.31. The lowest BCUT2D eigenvalue weighted by Gasteiger charge is -2.14. The summed E-state index contributed by atoms with van der Waals surface area (Å²) in [6, 6.07) is 15.5. The normalized spacial score (nSPS) is 11.0. The highest BCUT2D eigenvalue weighted by atomic mass is 19.1. The quantitative estimate of drug-likeness (QED) is 0.515. The molecule has 0 bridgehead atoms. The summed E-state index contributed by atoms with van der Waals surface area (Å²) in [6.45, 7) is 3.95. The Balaban J connectivity index is 2.00. The van der Waals surface area contributed by atoms with Gasteiger partial charge in [0.05, 0.1) is 5.56 Å². The van der Waals surface area contributed by atoms with Crippen LogP contribution in [0, 0.1) is 19.7 Å². The number of aromatic nitrogens is 2. The Morgan fingerprint density at radius 3 is 2.46 bits per heavy atom. The fourth-order valence-corrected chi connectivity index (χ4v) is 3.33. The SMILES string of the molecule is Cc1cccc(C)c1Nc1c(-c2ccccc2C(=O)O)nc2ccc(F)cn12. The maximum atomic E-state index is 14.0. The molecule has 2 N–H and O–H groups in total. The number of carbonyl (C=O) groups is 1. The summed E-state index contributed by atoms with van der Waals surface area (Å²) in [5.41, 5.74) is 4.48. The number of pyridine rings is 1. The summed E-state index contributed by atoms with van der Waals surface area (Å²) in [5.74, 6) is -0.940. The number of nitrogens with one attached hydrogen (secondary N) is 1. The van der Waals surface area contributed by atoms with Gasteiger partial charge in [-0.1, -0.05) is 36.4 Å². The number of fused-ring (bicyclic) bond motifs is 1. The van der Waals surface area contributed by atoms with Crippen LogP contribution in [0.2, 0.25) is 0 Å². The summed E-state index contributed by atoms with van der Waals surface area (Å²) in [6.07, 6.45) is 1.34. The zero-order chi connectivity index (χ0) is 19.8. The van der Waals surface area contributed by atoms with E-state index in [4.69, 9.17) is 0 Å². The van der Waals surface area contributed by atoms with Gasteiger partial charge in [0, 0.05) is 17.4 Å². The predicted octanol–water partition coefficient (Wildman–Crippen LogP) is 5.20. The molecule has 0 spiro atoms. The highest BCUT2D eigenvalue weighted by molar-refractivity contribution is 5.98. The third kappa shape index (κ3) is 2.99. The molecule has 0 aliphatic heterocycles. The molecule has 0 fully saturated rings. The second-order valence-electron chi connectivity index (χ2n) is 6.63. The number of aromatic carboxylic acids is 1. The number of rotatable bonds is 4. The minimum absolute atomic E-state index is 0.135. The molecule has 0 saturated heterocycles. The van der Waals surface area contributed by atoms with E-state index in [-0.39, 0.29) is 5.56 Å². The molecule has 4 aromatic rings. The second kappa shape index (κ2) is 6.81. The largest absolute Gasteiger partial charge is 0.478 e. The molecule has 4 rings (SSSR count). The lowest BCUT2D eigenvalue weighted by molar-refractivity contribution is 0.0697. The van der Waals surface area contributed by atoms with Crippen LogP contribution in [0.4, 0.5) is 15.9 Å². The molecule has 2 aromatic carbocycles. The van der Waals surface area contributed by atoms with Crippen LogP contribution in [0.1, 0.15) is 21.5 Å². The molecule has 2 aromatic heterocycles. The topological polar surface area (TPSA) is 66.6 Å². The molecule has 2 heterocycles. The van der Waals surface area contributed by atoms with E-state index in [9.17, 15) is 14.3 Å². The standard InChI is InChI=1S/C22H18FN3O2/c1-13-6-5-7-14(2)19(13)25-21-20(16-8-3-4-9-17(16)22(27)28)24-18-11-10-15(23)12-26(18)21/h3-12,25H,1-2H3,(H,27,28). The van der Waals surface area contributed by atoms with Crippen molar-refractivity contribution in [1.82, 2.24) is 9.38 Å². The Morgan fingerprint density at radius 2 is 1.75 bits per heavy atom. The molecule has 0 saturated carbocycles. The Bertz CT molecular complexity index is 1190. The minimum atomic E-state index is -1.04. The summed E-state index contributed by atoms with van der Waals surface area (Å²) < 4.78 is 15.6. The van der Waals surface area contributed by atoms with Gasteiger partial charge in [0.2, 0.25) is 0 Å². The first-order chi connectivity index (χ1) is 13.5. The third-order valence-electron chi connectivity index (χ3n) is 4.72.